The van der Waals surface area contributed by atoms with Crippen molar-refractivity contribution in [1.82, 2.24) is 0 Å². The van der Waals surface area contributed by atoms with Gasteiger partial charge in [0.25, 0.3) is 0 Å². The summed E-state index contributed by atoms with van der Waals surface area (Å²) < 4.78 is 0. The quantitative estimate of drug-likeness (QED) is 0.420. The Kier molecular flexibility index (Phi) is 4.23. The van der Waals surface area contributed by atoms with Crippen molar-refractivity contribution in [2.24, 2.45) is 10.9 Å². The molecule has 3 N–H and O–H groups in total. The van der Waals surface area contributed by atoms with E-state index in [9.17, 15) is 10.0 Å². The lowest BCUT2D eigenvalue weighted by Gasteiger charge is -2.00. The second-order valence-electron chi connectivity index (χ2n) is 1.74. The van der Waals surface area contributed by atoms with Crippen LogP contribution < -0.4 is 5.73 Å². The van der Waals surface area contributed by atoms with Crippen LogP contribution in [0.4, 0.5) is 0 Å². The monoisotopic (exact) mass is 145 g/mol. The molecule has 0 spiro atoms. The average Bonchev–Trinajstić information content (AvgIpc) is 1.89. The first-order chi connectivity index (χ1) is 4.72. The number of carboxylic acids is 1. The van der Waals surface area contributed by atoms with E-state index in [1.54, 1.807) is 0 Å². The van der Waals surface area contributed by atoms with Gasteiger partial charge in [-0.3, -0.25) is 0 Å². The molecule has 0 amide bonds. The molecule has 5 heteroatoms. The molecule has 10 heavy (non-hydrogen) atoms. The van der Waals surface area contributed by atoms with E-state index in [2.05, 4.69) is 5.16 Å². The minimum atomic E-state index is -1.26. The fourth-order valence-corrected chi connectivity index (χ4v) is 0.461. The van der Waals surface area contributed by atoms with Gasteiger partial charge in [-0.25, -0.2) is 4.79 Å². The molecule has 0 atom stereocenters. The van der Waals surface area contributed by atoms with Gasteiger partial charge >= 0.3 is 5.97 Å². The minimum absolute atomic E-state index is 0.148. The van der Waals surface area contributed by atoms with Crippen LogP contribution in [0.5, 0.6) is 0 Å². The van der Waals surface area contributed by atoms with Crippen LogP contribution in [0.2, 0.25) is 0 Å². The van der Waals surface area contributed by atoms with Gasteiger partial charge in [0.2, 0.25) is 0 Å². The van der Waals surface area contributed by atoms with Gasteiger partial charge in [0.1, 0.15) is 5.71 Å². The van der Waals surface area contributed by atoms with Gasteiger partial charge in [-0.2, -0.15) is 0 Å². The van der Waals surface area contributed by atoms with E-state index in [-0.39, 0.29) is 12.1 Å². The zero-order chi connectivity index (χ0) is 7.98. The first kappa shape index (κ1) is 8.90. The van der Waals surface area contributed by atoms with Crippen molar-refractivity contribution in [3.05, 3.63) is 5.21 Å². The third-order valence-corrected chi connectivity index (χ3v) is 0.975. The molecular weight excluding hydrogens is 136 g/mol. The Morgan fingerprint density at radius 2 is 2.30 bits per heavy atom. The molecule has 0 fully saturated rings. The molecule has 0 aromatic heterocycles. The Morgan fingerprint density at radius 3 is 2.60 bits per heavy atom. The summed E-state index contributed by atoms with van der Waals surface area (Å²) in [5, 5.41) is 20.3. The van der Waals surface area contributed by atoms with Crippen LogP contribution in [0.1, 0.15) is 12.8 Å². The van der Waals surface area contributed by atoms with Crippen LogP contribution in [-0.2, 0) is 4.79 Å². The maximum absolute atomic E-state index is 10.1. The Balaban J connectivity index is 3.74. The Morgan fingerprint density at radius 1 is 1.70 bits per heavy atom. The zero-order valence-electron chi connectivity index (χ0n) is 5.41. The van der Waals surface area contributed by atoms with Crippen LogP contribution in [0.15, 0.2) is 5.16 Å². The number of nitrogens with zero attached hydrogens (tertiary/aromatic N) is 1. The van der Waals surface area contributed by atoms with E-state index in [1.807, 2.05) is 0 Å². The van der Waals surface area contributed by atoms with Crippen LogP contribution in [0.25, 0.3) is 0 Å². The fourth-order valence-electron chi connectivity index (χ4n) is 0.461. The van der Waals surface area contributed by atoms with E-state index < -0.39 is 5.97 Å². The summed E-state index contributed by atoms with van der Waals surface area (Å²) in [4.78, 5) is 10.1. The largest absolute Gasteiger partial charge is 0.792 e. The van der Waals surface area contributed by atoms with Gasteiger partial charge in [0.05, 0.1) is 0 Å². The summed E-state index contributed by atoms with van der Waals surface area (Å²) in [5.74, 6) is -1.26. The molecule has 0 rings (SSSR count). The topological polar surface area (TPSA) is 98.7 Å². The number of aliphatic carboxylic acids is 1. The number of carbonyl (C=O) groups is 1. The van der Waals surface area contributed by atoms with Crippen LogP contribution in [0, 0.1) is 5.21 Å². The van der Waals surface area contributed by atoms with Crippen molar-refractivity contribution < 1.29 is 9.90 Å². The molecule has 0 saturated heterocycles. The highest BCUT2D eigenvalue weighted by Gasteiger charge is 2.04. The molecule has 58 valence electrons. The Labute approximate surface area is 58.1 Å². The minimum Gasteiger partial charge on any atom is -0.792 e. The van der Waals surface area contributed by atoms with E-state index in [0.29, 0.717) is 13.0 Å². The van der Waals surface area contributed by atoms with Crippen molar-refractivity contribution in [2.45, 2.75) is 12.8 Å². The van der Waals surface area contributed by atoms with Gasteiger partial charge in [0.15, 0.2) is 0 Å². The maximum Gasteiger partial charge on any atom is 0.349 e. The summed E-state index contributed by atoms with van der Waals surface area (Å²) in [5.41, 5.74) is 4.73. The molecule has 0 aliphatic carbocycles. The lowest BCUT2D eigenvalue weighted by Crippen LogP contribution is -2.14. The number of nitrogens with two attached hydrogens (primary N) is 1. The van der Waals surface area contributed by atoms with E-state index in [0.717, 1.165) is 0 Å². The molecule has 0 aliphatic heterocycles. The summed E-state index contributed by atoms with van der Waals surface area (Å²) in [6, 6.07) is 0. The van der Waals surface area contributed by atoms with Gasteiger partial charge in [-0.15, -0.1) is 0 Å². The molecule has 0 aromatic carbocycles. The van der Waals surface area contributed by atoms with Crippen molar-refractivity contribution in [3.63, 3.8) is 0 Å². The third-order valence-electron chi connectivity index (χ3n) is 0.975. The lowest BCUT2D eigenvalue weighted by atomic mass is 10.2. The predicted octanol–water partition coefficient (Wildman–Crippen LogP) is -0.251. The van der Waals surface area contributed by atoms with E-state index >= 15 is 0 Å². The molecule has 0 aliphatic rings. The van der Waals surface area contributed by atoms with Gasteiger partial charge < -0.3 is 21.2 Å². The standard InChI is InChI=1S/C5H10N2O3/c6-3-1-2-4(7-10)5(8)9/h10H,1-3,6H2,(H,8,9)/p-1/b7-4+. The number of rotatable bonds is 4. The van der Waals surface area contributed by atoms with E-state index in [4.69, 9.17) is 10.8 Å². The van der Waals surface area contributed by atoms with Crippen molar-refractivity contribution >= 4 is 11.7 Å². The molecule has 0 heterocycles. The SMILES string of the molecule is NCCC/C(=N\[O-])C(=O)O. The molecule has 0 radical (unpaired) electrons. The third kappa shape index (κ3) is 3.03. The van der Waals surface area contributed by atoms with Gasteiger partial charge in [-0.1, -0.05) is 0 Å². The number of hydrogen-bond donors (Lipinski definition) is 2. The van der Waals surface area contributed by atoms with Crippen LogP contribution in [0.3, 0.4) is 0 Å². The molecule has 0 saturated carbocycles. The summed E-state index contributed by atoms with van der Waals surface area (Å²) >= 11 is 0. The highest BCUT2D eigenvalue weighted by Crippen LogP contribution is 1.91. The number of hydrogen-bond acceptors (Lipinski definition) is 4. The first-order valence-electron chi connectivity index (χ1n) is 2.85. The highest BCUT2D eigenvalue weighted by molar-refractivity contribution is 6.35. The van der Waals surface area contributed by atoms with Gasteiger partial charge in [-0.05, 0) is 19.4 Å². The summed E-state index contributed by atoms with van der Waals surface area (Å²) in [7, 11) is 0. The lowest BCUT2D eigenvalue weighted by molar-refractivity contribution is -0.129. The molecular formula is C5H9N2O3-. The van der Waals surface area contributed by atoms with Gasteiger partial charge in [0, 0.05) is 0 Å². The van der Waals surface area contributed by atoms with Crippen molar-refractivity contribution in [2.75, 3.05) is 6.54 Å². The molecule has 5 nitrogen and oxygen atoms in total. The Hall–Kier alpha value is -1.10. The van der Waals surface area contributed by atoms with E-state index in [1.165, 1.54) is 0 Å². The van der Waals surface area contributed by atoms with Crippen molar-refractivity contribution in [3.8, 4) is 0 Å². The maximum atomic E-state index is 10.1. The molecule has 0 bridgehead atoms. The summed E-state index contributed by atoms with van der Waals surface area (Å²) in [6.45, 7) is 0.367. The predicted molar refractivity (Wildman–Crippen MR) is 36.7 cm³/mol. The Bertz CT molecular complexity index is 144. The zero-order valence-corrected chi connectivity index (χ0v) is 5.41. The normalized spacial score (nSPS) is 11.5. The highest BCUT2D eigenvalue weighted by atomic mass is 16.4. The molecule has 0 aromatic rings. The van der Waals surface area contributed by atoms with Crippen LogP contribution >= 0.6 is 0 Å². The molecule has 0 unspecified atom stereocenters. The van der Waals surface area contributed by atoms with Crippen molar-refractivity contribution in [1.29, 1.82) is 0 Å². The second-order valence-corrected chi connectivity index (χ2v) is 1.74. The van der Waals surface area contributed by atoms with Crippen LogP contribution in [-0.4, -0.2) is 23.3 Å². The fraction of sp³-hybridized carbons (Fsp3) is 0.600. The second kappa shape index (κ2) is 4.75. The summed E-state index contributed by atoms with van der Waals surface area (Å²) in [6.07, 6.45) is 0.628. The number of carboxylic acid groups (broad SMARTS) is 1. The first-order valence-corrected chi connectivity index (χ1v) is 2.85. The smallest absolute Gasteiger partial charge is 0.349 e. The average molecular weight is 145 g/mol.